The minimum atomic E-state index is 0.805. The van der Waals surface area contributed by atoms with Gasteiger partial charge >= 0.3 is 0 Å². The second-order valence-electron chi connectivity index (χ2n) is 6.23. The van der Waals surface area contributed by atoms with Crippen molar-refractivity contribution >= 4 is 28.6 Å². The summed E-state index contributed by atoms with van der Waals surface area (Å²) < 4.78 is 6.21. The van der Waals surface area contributed by atoms with E-state index in [4.69, 9.17) is 17.0 Å². The predicted octanol–water partition coefficient (Wildman–Crippen LogP) is 6.44. The summed E-state index contributed by atoms with van der Waals surface area (Å²) in [6.07, 6.45) is 6.10. The Balaban J connectivity index is 1.75. The standard InChI is InChI=1S/C25H18OS/c27-25(22-14-8-3-9-15-22)18-19-16-23(20-10-4-1-5-11-20)26-24(17-19)21-12-6-2-7-13-21/h1-18H. The van der Waals surface area contributed by atoms with Crippen LogP contribution >= 0.6 is 12.2 Å². The lowest BCUT2D eigenvalue weighted by molar-refractivity contribution is 0.467. The number of thiocarbonyl (C=S) groups is 1. The van der Waals surface area contributed by atoms with E-state index < -0.39 is 0 Å². The molecule has 2 heteroatoms. The normalized spacial score (nSPS) is 13.3. The molecule has 0 saturated carbocycles. The van der Waals surface area contributed by atoms with E-state index in [0.29, 0.717) is 0 Å². The van der Waals surface area contributed by atoms with Gasteiger partial charge < -0.3 is 4.74 Å². The second kappa shape index (κ2) is 7.98. The molecule has 0 aliphatic carbocycles. The first-order valence-corrected chi connectivity index (χ1v) is 9.23. The van der Waals surface area contributed by atoms with Crippen molar-refractivity contribution in [3.05, 3.63) is 131 Å². The predicted molar refractivity (Wildman–Crippen MR) is 116 cm³/mol. The fourth-order valence-corrected chi connectivity index (χ4v) is 3.20. The Bertz CT molecular complexity index is 972. The van der Waals surface area contributed by atoms with Crippen LogP contribution in [0, 0.1) is 0 Å². The van der Waals surface area contributed by atoms with Gasteiger partial charge in [0.25, 0.3) is 0 Å². The molecule has 0 bridgehead atoms. The van der Waals surface area contributed by atoms with Crippen LogP contribution < -0.4 is 0 Å². The molecule has 0 unspecified atom stereocenters. The first kappa shape index (κ1) is 17.2. The third kappa shape index (κ3) is 4.13. The molecular weight excluding hydrogens is 348 g/mol. The fourth-order valence-electron chi connectivity index (χ4n) is 2.93. The Morgan fingerprint density at radius 2 is 1.07 bits per heavy atom. The van der Waals surface area contributed by atoms with Crippen molar-refractivity contribution in [2.75, 3.05) is 0 Å². The molecule has 0 fully saturated rings. The molecule has 27 heavy (non-hydrogen) atoms. The molecule has 1 aliphatic heterocycles. The third-order valence-electron chi connectivity index (χ3n) is 4.29. The molecule has 0 atom stereocenters. The maximum atomic E-state index is 6.21. The zero-order valence-electron chi connectivity index (χ0n) is 14.7. The van der Waals surface area contributed by atoms with Crippen LogP contribution in [0.4, 0.5) is 0 Å². The highest BCUT2D eigenvalue weighted by Crippen LogP contribution is 2.32. The monoisotopic (exact) mass is 366 g/mol. The van der Waals surface area contributed by atoms with Crippen molar-refractivity contribution in [3.63, 3.8) is 0 Å². The Morgan fingerprint density at radius 1 is 0.630 bits per heavy atom. The Labute approximate surface area is 164 Å². The summed E-state index contributed by atoms with van der Waals surface area (Å²) in [5.74, 6) is 1.64. The summed E-state index contributed by atoms with van der Waals surface area (Å²) in [5.41, 5.74) is 4.13. The zero-order valence-corrected chi connectivity index (χ0v) is 15.5. The van der Waals surface area contributed by atoms with Gasteiger partial charge in [-0.25, -0.2) is 0 Å². The molecule has 0 spiro atoms. The molecule has 0 N–H and O–H groups in total. The summed E-state index contributed by atoms with van der Waals surface area (Å²) >= 11 is 5.64. The van der Waals surface area contributed by atoms with Crippen molar-refractivity contribution in [2.45, 2.75) is 0 Å². The van der Waals surface area contributed by atoms with Gasteiger partial charge in [-0.05, 0) is 29.4 Å². The van der Waals surface area contributed by atoms with Crippen LogP contribution in [0.5, 0.6) is 0 Å². The van der Waals surface area contributed by atoms with Crippen LogP contribution in [0.15, 0.2) is 115 Å². The van der Waals surface area contributed by atoms with Crippen molar-refractivity contribution in [1.82, 2.24) is 0 Å². The molecule has 1 nitrogen and oxygen atoms in total. The Hall–Kier alpha value is -3.23. The van der Waals surface area contributed by atoms with Crippen LogP contribution in [-0.4, -0.2) is 4.86 Å². The summed E-state index contributed by atoms with van der Waals surface area (Å²) in [6.45, 7) is 0. The van der Waals surface area contributed by atoms with Crippen LogP contribution in [-0.2, 0) is 4.74 Å². The molecule has 0 saturated heterocycles. The smallest absolute Gasteiger partial charge is 0.135 e. The molecule has 3 aromatic rings. The summed E-state index contributed by atoms with van der Waals surface area (Å²) in [5, 5.41) is 0. The van der Waals surface area contributed by atoms with Crippen LogP contribution in [0.1, 0.15) is 16.7 Å². The minimum Gasteiger partial charge on any atom is -0.456 e. The Kier molecular flexibility index (Phi) is 5.08. The molecule has 4 rings (SSSR count). The van der Waals surface area contributed by atoms with E-state index in [1.807, 2.05) is 109 Å². The van der Waals surface area contributed by atoms with Crippen LogP contribution in [0.25, 0.3) is 11.5 Å². The molecule has 1 heterocycles. The highest BCUT2D eigenvalue weighted by Gasteiger charge is 2.15. The summed E-state index contributed by atoms with van der Waals surface area (Å²) in [4.78, 5) is 0.805. The summed E-state index contributed by atoms with van der Waals surface area (Å²) in [6, 6.07) is 30.3. The van der Waals surface area contributed by atoms with E-state index in [-0.39, 0.29) is 0 Å². The van der Waals surface area contributed by atoms with Gasteiger partial charge in [-0.1, -0.05) is 103 Å². The lowest BCUT2D eigenvalue weighted by Gasteiger charge is -2.19. The maximum Gasteiger partial charge on any atom is 0.135 e. The zero-order chi connectivity index (χ0) is 18.5. The maximum absolute atomic E-state index is 6.21. The summed E-state index contributed by atoms with van der Waals surface area (Å²) in [7, 11) is 0. The second-order valence-corrected chi connectivity index (χ2v) is 6.67. The number of ether oxygens (including phenoxy) is 1. The van der Waals surface area contributed by atoms with Gasteiger partial charge in [-0.15, -0.1) is 0 Å². The molecule has 0 amide bonds. The SMILES string of the molecule is S=C(C=C1C=C(c2ccccc2)OC(c2ccccc2)=C1)c1ccccc1. The van der Waals surface area contributed by atoms with E-state index in [1.165, 1.54) is 0 Å². The first-order chi connectivity index (χ1) is 13.3. The number of hydrogen-bond donors (Lipinski definition) is 0. The van der Waals surface area contributed by atoms with Gasteiger partial charge in [0, 0.05) is 16.0 Å². The molecule has 130 valence electrons. The van der Waals surface area contributed by atoms with E-state index in [0.717, 1.165) is 38.6 Å². The van der Waals surface area contributed by atoms with Gasteiger partial charge in [0.05, 0.1) is 0 Å². The van der Waals surface area contributed by atoms with Gasteiger partial charge in [0.15, 0.2) is 0 Å². The van der Waals surface area contributed by atoms with E-state index in [1.54, 1.807) is 0 Å². The van der Waals surface area contributed by atoms with E-state index in [9.17, 15) is 0 Å². The highest BCUT2D eigenvalue weighted by atomic mass is 32.1. The van der Waals surface area contributed by atoms with E-state index in [2.05, 4.69) is 0 Å². The molecule has 0 radical (unpaired) electrons. The highest BCUT2D eigenvalue weighted by molar-refractivity contribution is 7.81. The van der Waals surface area contributed by atoms with Gasteiger partial charge in [-0.2, -0.15) is 0 Å². The third-order valence-corrected chi connectivity index (χ3v) is 4.64. The van der Waals surface area contributed by atoms with Crippen molar-refractivity contribution in [2.24, 2.45) is 0 Å². The van der Waals surface area contributed by atoms with Crippen LogP contribution in [0.2, 0.25) is 0 Å². The quantitative estimate of drug-likeness (QED) is 0.298. The number of rotatable bonds is 4. The minimum absolute atomic E-state index is 0.805. The van der Waals surface area contributed by atoms with Gasteiger partial charge in [0.2, 0.25) is 0 Å². The number of benzene rings is 3. The fraction of sp³-hybridized carbons (Fsp3) is 0. The molecule has 1 aliphatic rings. The topological polar surface area (TPSA) is 9.23 Å². The average Bonchev–Trinajstić information content (AvgIpc) is 2.75. The van der Waals surface area contributed by atoms with E-state index >= 15 is 0 Å². The average molecular weight is 366 g/mol. The largest absolute Gasteiger partial charge is 0.456 e. The van der Waals surface area contributed by atoms with Crippen molar-refractivity contribution in [1.29, 1.82) is 0 Å². The molecular formula is C25H18OS. The van der Waals surface area contributed by atoms with Gasteiger partial charge in [0.1, 0.15) is 11.5 Å². The lowest BCUT2D eigenvalue weighted by Crippen LogP contribution is -2.01. The van der Waals surface area contributed by atoms with Crippen molar-refractivity contribution < 1.29 is 4.74 Å². The molecule has 0 aromatic heterocycles. The number of hydrogen-bond acceptors (Lipinski definition) is 2. The lowest BCUT2D eigenvalue weighted by atomic mass is 10.0. The van der Waals surface area contributed by atoms with Crippen LogP contribution in [0.3, 0.4) is 0 Å². The van der Waals surface area contributed by atoms with Gasteiger partial charge in [-0.3, -0.25) is 0 Å². The number of allylic oxidation sites excluding steroid dienone is 4. The Morgan fingerprint density at radius 3 is 1.56 bits per heavy atom. The van der Waals surface area contributed by atoms with Crippen molar-refractivity contribution in [3.8, 4) is 0 Å². The first-order valence-electron chi connectivity index (χ1n) is 8.83. The molecule has 3 aromatic carbocycles.